The Bertz CT molecular complexity index is 1180. The summed E-state index contributed by atoms with van der Waals surface area (Å²) < 4.78 is 28.1. The minimum atomic E-state index is -3.63. The Morgan fingerprint density at radius 2 is 1.83 bits per heavy atom. The molecule has 1 fully saturated rings. The summed E-state index contributed by atoms with van der Waals surface area (Å²) >= 11 is 7.59. The Kier molecular flexibility index (Phi) is 5.37. The summed E-state index contributed by atoms with van der Waals surface area (Å²) in [5.41, 5.74) is 3.07. The average Bonchev–Trinajstić information content (AvgIpc) is 3.36. The van der Waals surface area contributed by atoms with E-state index in [0.717, 1.165) is 34.2 Å². The number of hydrogen-bond acceptors (Lipinski definition) is 5. The van der Waals surface area contributed by atoms with Crippen LogP contribution in [0.5, 0.6) is 0 Å². The van der Waals surface area contributed by atoms with Gasteiger partial charge in [0.2, 0.25) is 10.0 Å². The molecule has 1 saturated heterocycles. The zero-order valence-electron chi connectivity index (χ0n) is 16.0. The van der Waals surface area contributed by atoms with Crippen molar-refractivity contribution in [3.8, 4) is 0 Å². The van der Waals surface area contributed by atoms with E-state index >= 15 is 0 Å². The Morgan fingerprint density at radius 1 is 1.14 bits per heavy atom. The second-order valence-corrected chi connectivity index (χ2v) is 10.4. The van der Waals surface area contributed by atoms with Gasteiger partial charge in [0.05, 0.1) is 25.7 Å². The Hall–Kier alpha value is -2.00. The molecule has 152 valence electrons. The smallest absolute Gasteiger partial charge is 0.259 e. The third-order valence-electron chi connectivity index (χ3n) is 5.05. The van der Waals surface area contributed by atoms with Gasteiger partial charge in [-0.1, -0.05) is 35.1 Å². The van der Waals surface area contributed by atoms with Gasteiger partial charge in [0.1, 0.15) is 0 Å². The summed E-state index contributed by atoms with van der Waals surface area (Å²) in [6, 6.07) is 8.25. The van der Waals surface area contributed by atoms with Gasteiger partial charge in [-0.15, -0.1) is 0 Å². The standard InChI is InChI=1S/C20H20ClN3O3S2/c1-12-5-6-13(2)18-17(12)22-20(28-18)23-19(25)15-11-14(7-8-16(15)21)29(26,27)24-9-3-4-10-24/h5-8,11H,3-4,9-10H2,1-2H3,(H,22,23,25). The number of carbonyl (C=O) groups excluding carboxylic acids is 1. The van der Waals surface area contributed by atoms with Gasteiger partial charge in [0.15, 0.2) is 5.13 Å². The summed E-state index contributed by atoms with van der Waals surface area (Å²) in [5, 5.41) is 3.41. The molecule has 0 atom stereocenters. The highest BCUT2D eigenvalue weighted by Crippen LogP contribution is 2.32. The first-order valence-electron chi connectivity index (χ1n) is 9.25. The van der Waals surface area contributed by atoms with Crippen LogP contribution in [0.4, 0.5) is 5.13 Å². The molecule has 4 rings (SSSR count). The van der Waals surface area contributed by atoms with Crippen molar-refractivity contribution in [1.82, 2.24) is 9.29 Å². The Morgan fingerprint density at radius 3 is 2.52 bits per heavy atom. The molecule has 1 amide bonds. The molecule has 1 aromatic heterocycles. The lowest BCUT2D eigenvalue weighted by Crippen LogP contribution is -2.28. The van der Waals surface area contributed by atoms with Crippen molar-refractivity contribution >= 4 is 54.2 Å². The van der Waals surface area contributed by atoms with Gasteiger partial charge < -0.3 is 0 Å². The van der Waals surface area contributed by atoms with E-state index in [-0.39, 0.29) is 15.5 Å². The molecule has 0 aliphatic carbocycles. The van der Waals surface area contributed by atoms with E-state index in [1.165, 1.54) is 33.8 Å². The van der Waals surface area contributed by atoms with Crippen LogP contribution in [0.2, 0.25) is 5.02 Å². The number of aryl methyl sites for hydroxylation is 2. The van der Waals surface area contributed by atoms with Crippen LogP contribution >= 0.6 is 22.9 Å². The number of aromatic nitrogens is 1. The zero-order valence-corrected chi connectivity index (χ0v) is 18.4. The second kappa shape index (κ2) is 7.68. The molecule has 1 aliphatic rings. The summed E-state index contributed by atoms with van der Waals surface area (Å²) in [6.45, 7) is 4.96. The van der Waals surface area contributed by atoms with Crippen molar-refractivity contribution in [1.29, 1.82) is 0 Å². The number of rotatable bonds is 4. The van der Waals surface area contributed by atoms with E-state index in [0.29, 0.717) is 18.2 Å². The SMILES string of the molecule is Cc1ccc(C)c2sc(NC(=O)c3cc(S(=O)(=O)N4CCCC4)ccc3Cl)nc12. The number of halogens is 1. The van der Waals surface area contributed by atoms with Crippen molar-refractivity contribution in [3.63, 3.8) is 0 Å². The van der Waals surface area contributed by atoms with E-state index in [2.05, 4.69) is 10.3 Å². The molecule has 6 nitrogen and oxygen atoms in total. The number of fused-ring (bicyclic) bond motifs is 1. The molecule has 0 saturated carbocycles. The number of hydrogen-bond donors (Lipinski definition) is 1. The minimum Gasteiger partial charge on any atom is -0.298 e. The monoisotopic (exact) mass is 449 g/mol. The highest BCUT2D eigenvalue weighted by molar-refractivity contribution is 7.89. The number of thiazole rings is 1. The number of nitrogens with zero attached hydrogens (tertiary/aromatic N) is 2. The van der Waals surface area contributed by atoms with Crippen LogP contribution in [0.15, 0.2) is 35.2 Å². The van der Waals surface area contributed by atoms with Gasteiger partial charge >= 0.3 is 0 Å². The van der Waals surface area contributed by atoms with Gasteiger partial charge in [-0.2, -0.15) is 4.31 Å². The summed E-state index contributed by atoms with van der Waals surface area (Å²) in [7, 11) is -3.63. The van der Waals surface area contributed by atoms with Gasteiger partial charge in [-0.3, -0.25) is 10.1 Å². The van der Waals surface area contributed by atoms with Gasteiger partial charge in [0.25, 0.3) is 5.91 Å². The molecular weight excluding hydrogens is 430 g/mol. The number of nitrogens with one attached hydrogen (secondary N) is 1. The summed E-state index contributed by atoms with van der Waals surface area (Å²) in [5.74, 6) is -0.483. The first-order valence-corrected chi connectivity index (χ1v) is 11.9. The largest absolute Gasteiger partial charge is 0.298 e. The van der Waals surface area contributed by atoms with Crippen molar-refractivity contribution in [2.75, 3.05) is 18.4 Å². The van der Waals surface area contributed by atoms with Crippen molar-refractivity contribution in [3.05, 3.63) is 52.0 Å². The minimum absolute atomic E-state index is 0.0740. The third kappa shape index (κ3) is 3.77. The molecule has 0 unspecified atom stereocenters. The molecule has 0 bridgehead atoms. The molecule has 0 spiro atoms. The molecule has 29 heavy (non-hydrogen) atoms. The fraction of sp³-hybridized carbons (Fsp3) is 0.300. The van der Waals surface area contributed by atoms with Crippen LogP contribution in [-0.2, 0) is 10.0 Å². The highest BCUT2D eigenvalue weighted by atomic mass is 35.5. The van der Waals surface area contributed by atoms with E-state index in [4.69, 9.17) is 11.6 Å². The van der Waals surface area contributed by atoms with Crippen molar-refractivity contribution in [2.45, 2.75) is 31.6 Å². The maximum Gasteiger partial charge on any atom is 0.259 e. The third-order valence-corrected chi connectivity index (χ3v) is 8.38. The van der Waals surface area contributed by atoms with Crippen LogP contribution in [0.3, 0.4) is 0 Å². The van der Waals surface area contributed by atoms with Gasteiger partial charge in [-0.25, -0.2) is 13.4 Å². The lowest BCUT2D eigenvalue weighted by atomic mass is 10.1. The molecule has 1 aliphatic heterocycles. The lowest BCUT2D eigenvalue weighted by molar-refractivity contribution is 0.102. The van der Waals surface area contributed by atoms with E-state index < -0.39 is 15.9 Å². The predicted molar refractivity (Wildman–Crippen MR) is 116 cm³/mol. The van der Waals surface area contributed by atoms with Gasteiger partial charge in [-0.05, 0) is 56.0 Å². The number of amides is 1. The lowest BCUT2D eigenvalue weighted by Gasteiger charge is -2.16. The molecule has 3 aromatic rings. The fourth-order valence-corrected chi connectivity index (χ4v) is 6.15. The molecule has 9 heteroatoms. The van der Waals surface area contributed by atoms with Crippen LogP contribution in [0.1, 0.15) is 34.3 Å². The van der Waals surface area contributed by atoms with Crippen LogP contribution < -0.4 is 5.32 Å². The molecule has 2 aromatic carbocycles. The van der Waals surface area contributed by atoms with Crippen LogP contribution in [0.25, 0.3) is 10.2 Å². The summed E-state index contributed by atoms with van der Waals surface area (Å²) in [6.07, 6.45) is 1.69. The number of carbonyl (C=O) groups is 1. The average molecular weight is 450 g/mol. The van der Waals surface area contributed by atoms with E-state index in [9.17, 15) is 13.2 Å². The maximum absolute atomic E-state index is 12.8. The first-order chi connectivity index (χ1) is 13.8. The first kappa shape index (κ1) is 20.3. The number of anilines is 1. The normalized spacial score (nSPS) is 15.1. The van der Waals surface area contributed by atoms with Crippen molar-refractivity contribution in [2.24, 2.45) is 0 Å². The van der Waals surface area contributed by atoms with Crippen molar-refractivity contribution < 1.29 is 13.2 Å². The van der Waals surface area contributed by atoms with Crippen LogP contribution in [-0.4, -0.2) is 36.7 Å². The van der Waals surface area contributed by atoms with E-state index in [1.807, 2.05) is 26.0 Å². The predicted octanol–water partition coefficient (Wildman–Crippen LogP) is 4.60. The zero-order chi connectivity index (χ0) is 20.8. The Balaban J connectivity index is 1.65. The number of benzene rings is 2. The number of sulfonamides is 1. The summed E-state index contributed by atoms with van der Waals surface area (Å²) in [4.78, 5) is 17.4. The second-order valence-electron chi connectivity index (χ2n) is 7.10. The quantitative estimate of drug-likeness (QED) is 0.631. The Labute approximate surface area is 178 Å². The van der Waals surface area contributed by atoms with E-state index in [1.54, 1.807) is 0 Å². The molecule has 1 N–H and O–H groups in total. The fourth-order valence-electron chi connectivity index (χ4n) is 3.39. The maximum atomic E-state index is 12.8. The topological polar surface area (TPSA) is 79.4 Å². The highest BCUT2D eigenvalue weighted by Gasteiger charge is 2.28. The molecule has 0 radical (unpaired) electrons. The molecule has 2 heterocycles. The molecular formula is C20H20ClN3O3S2. The van der Waals surface area contributed by atoms with Crippen LogP contribution in [0, 0.1) is 13.8 Å². The van der Waals surface area contributed by atoms with Gasteiger partial charge in [0, 0.05) is 13.1 Å².